The van der Waals surface area contributed by atoms with Crippen molar-refractivity contribution in [1.29, 1.82) is 0 Å². The van der Waals surface area contributed by atoms with Crippen LogP contribution in [0, 0.1) is 0 Å². The molecule has 1 heterocycles. The van der Waals surface area contributed by atoms with Crippen molar-refractivity contribution in [2.75, 3.05) is 17.6 Å². The Bertz CT molecular complexity index is 1100. The number of sulfonamides is 1. The zero-order chi connectivity index (χ0) is 23.2. The molecule has 0 saturated carbocycles. The molecule has 0 spiro atoms. The van der Waals surface area contributed by atoms with E-state index in [1.54, 1.807) is 42.5 Å². The van der Waals surface area contributed by atoms with E-state index in [0.29, 0.717) is 59.6 Å². The zero-order valence-electron chi connectivity index (χ0n) is 17.0. The van der Waals surface area contributed by atoms with Crippen molar-refractivity contribution in [1.82, 2.24) is 4.72 Å². The number of rotatable bonds is 9. The van der Waals surface area contributed by atoms with Gasteiger partial charge in [-0.1, -0.05) is 30.7 Å². The number of carbonyl (C=O) groups is 1. The number of amides is 1. The molecule has 0 saturated heterocycles. The van der Waals surface area contributed by atoms with E-state index >= 15 is 0 Å². The van der Waals surface area contributed by atoms with Gasteiger partial charge in [-0.3, -0.25) is 14.5 Å². The van der Waals surface area contributed by atoms with Gasteiger partial charge in [0, 0.05) is 23.4 Å². The number of unbranched alkanes of at least 4 members (excludes halogenated alkanes) is 2. The van der Waals surface area contributed by atoms with Crippen LogP contribution in [-0.2, 0) is 14.8 Å². The van der Waals surface area contributed by atoms with Gasteiger partial charge in [0.25, 0.3) is 10.0 Å². The Kier molecular flexibility index (Phi) is 7.83. The first kappa shape index (κ1) is 24.1. The molecule has 2 aromatic rings. The predicted molar refractivity (Wildman–Crippen MR) is 118 cm³/mol. The Morgan fingerprint density at radius 3 is 2.53 bits per heavy atom. The van der Waals surface area contributed by atoms with Gasteiger partial charge in [-0.2, -0.15) is 13.2 Å². The number of thioether (sulfide) groups is 1. The maximum atomic E-state index is 12.5. The van der Waals surface area contributed by atoms with Gasteiger partial charge in [-0.05, 0) is 37.1 Å². The van der Waals surface area contributed by atoms with Gasteiger partial charge in [-0.25, -0.2) is 8.42 Å². The average Bonchev–Trinajstić information content (AvgIpc) is 3.00. The number of benzene rings is 2. The molecule has 32 heavy (non-hydrogen) atoms. The van der Waals surface area contributed by atoms with Gasteiger partial charge >= 0.3 is 6.18 Å². The highest BCUT2D eigenvalue weighted by molar-refractivity contribution is 7.99. The highest BCUT2D eigenvalue weighted by atomic mass is 32.2. The summed E-state index contributed by atoms with van der Waals surface area (Å²) in [7, 11) is -3.56. The molecule has 0 aromatic heterocycles. The van der Waals surface area contributed by atoms with Gasteiger partial charge in [-0.15, -0.1) is 11.8 Å². The van der Waals surface area contributed by atoms with Crippen molar-refractivity contribution in [2.24, 2.45) is 4.99 Å². The maximum Gasteiger partial charge on any atom is 0.398 e. The van der Waals surface area contributed by atoms with Crippen LogP contribution in [-0.4, -0.2) is 38.6 Å². The van der Waals surface area contributed by atoms with Crippen LogP contribution >= 0.6 is 11.8 Å². The van der Waals surface area contributed by atoms with E-state index in [0.717, 1.165) is 0 Å². The molecular formula is C21H22F3N3O3S2. The third-order valence-electron chi connectivity index (χ3n) is 4.55. The summed E-state index contributed by atoms with van der Waals surface area (Å²) in [6.07, 6.45) is -2.12. The molecule has 0 unspecified atom stereocenters. The Labute approximate surface area is 188 Å². The number of para-hydroxylation sites is 1. The highest BCUT2D eigenvalue weighted by Gasteiger charge is 2.30. The molecule has 172 valence electrons. The summed E-state index contributed by atoms with van der Waals surface area (Å²) in [6.45, 7) is 0.407. The Morgan fingerprint density at radius 2 is 1.75 bits per heavy atom. The normalized spacial score (nSPS) is 15.9. The molecule has 0 fully saturated rings. The second-order valence-electron chi connectivity index (χ2n) is 7.09. The topological polar surface area (TPSA) is 87.6 Å². The number of amidine groups is 1. The summed E-state index contributed by atoms with van der Waals surface area (Å²) in [5.74, 6) is -0.969. The zero-order valence-corrected chi connectivity index (χ0v) is 18.6. The number of halogens is 3. The third kappa shape index (κ3) is 6.73. The molecule has 2 aromatic carbocycles. The smallest absolute Gasteiger partial charge is 0.325 e. The molecule has 0 radical (unpaired) electrons. The van der Waals surface area contributed by atoms with E-state index in [9.17, 15) is 26.4 Å². The summed E-state index contributed by atoms with van der Waals surface area (Å²) >= 11 is 0.635. The number of hydrogen-bond acceptors (Lipinski definition) is 5. The molecule has 0 atom stereocenters. The fourth-order valence-electron chi connectivity index (χ4n) is 3.08. The molecule has 2 N–H and O–H groups in total. The summed E-state index contributed by atoms with van der Waals surface area (Å²) in [5, 5.41) is 2.67. The third-order valence-corrected chi connectivity index (χ3v) is 7.08. The molecule has 1 aliphatic rings. The van der Waals surface area contributed by atoms with Crippen molar-refractivity contribution >= 4 is 39.2 Å². The quantitative estimate of drug-likeness (QED) is 0.402. The van der Waals surface area contributed by atoms with Crippen molar-refractivity contribution in [2.45, 2.75) is 41.7 Å². The molecule has 3 rings (SSSR count). The second-order valence-corrected chi connectivity index (χ2v) is 9.76. The van der Waals surface area contributed by atoms with Crippen LogP contribution in [0.2, 0.25) is 0 Å². The highest BCUT2D eigenvalue weighted by Crippen LogP contribution is 2.32. The average molecular weight is 486 g/mol. The Morgan fingerprint density at radius 1 is 1.03 bits per heavy atom. The summed E-state index contributed by atoms with van der Waals surface area (Å²) < 4.78 is 63.9. The van der Waals surface area contributed by atoms with Gasteiger partial charge < -0.3 is 5.32 Å². The number of nitrogens with zero attached hydrogens (tertiary/aromatic N) is 1. The first-order chi connectivity index (χ1) is 15.2. The van der Waals surface area contributed by atoms with E-state index in [4.69, 9.17) is 0 Å². The summed E-state index contributed by atoms with van der Waals surface area (Å²) in [5.41, 5.74) is 0.916. The van der Waals surface area contributed by atoms with E-state index in [2.05, 4.69) is 15.0 Å². The minimum atomic E-state index is -4.29. The maximum absolute atomic E-state index is 12.5. The SMILES string of the molecule is O=C(CCCCCN=C1NS(=O)(=O)c2ccccc21)Nc1ccccc1SCC(F)(F)F. The van der Waals surface area contributed by atoms with Gasteiger partial charge in [0.2, 0.25) is 5.91 Å². The van der Waals surface area contributed by atoms with Crippen LogP contribution in [0.15, 0.2) is 63.3 Å². The monoisotopic (exact) mass is 485 g/mol. The largest absolute Gasteiger partial charge is 0.398 e. The molecular weight excluding hydrogens is 463 g/mol. The number of carbonyl (C=O) groups excluding carboxylic acids is 1. The number of fused-ring (bicyclic) bond motifs is 1. The lowest BCUT2D eigenvalue weighted by atomic mass is 10.2. The van der Waals surface area contributed by atoms with Crippen molar-refractivity contribution in [3.05, 3.63) is 54.1 Å². The number of hydrogen-bond donors (Lipinski definition) is 2. The van der Waals surface area contributed by atoms with E-state index in [1.165, 1.54) is 6.07 Å². The van der Waals surface area contributed by atoms with Crippen molar-refractivity contribution < 1.29 is 26.4 Å². The molecule has 1 amide bonds. The minimum Gasteiger partial charge on any atom is -0.325 e. The first-order valence-corrected chi connectivity index (χ1v) is 12.4. The van der Waals surface area contributed by atoms with Gasteiger partial charge in [0.1, 0.15) is 5.84 Å². The Balaban J connectivity index is 1.42. The molecule has 1 aliphatic heterocycles. The molecule has 0 bridgehead atoms. The van der Waals surface area contributed by atoms with Crippen molar-refractivity contribution in [3.63, 3.8) is 0 Å². The van der Waals surface area contributed by atoms with Crippen molar-refractivity contribution in [3.8, 4) is 0 Å². The molecule has 6 nitrogen and oxygen atoms in total. The van der Waals surface area contributed by atoms with Gasteiger partial charge in [0.15, 0.2) is 0 Å². The van der Waals surface area contributed by atoms with Crippen LogP contribution in [0.1, 0.15) is 31.2 Å². The molecule has 11 heteroatoms. The summed E-state index contributed by atoms with van der Waals surface area (Å²) in [6, 6.07) is 13.0. The lowest BCUT2D eigenvalue weighted by Crippen LogP contribution is -2.22. The number of anilines is 1. The van der Waals surface area contributed by atoms with Crippen LogP contribution in [0.3, 0.4) is 0 Å². The van der Waals surface area contributed by atoms with E-state index in [1.807, 2.05) is 0 Å². The Hall–Kier alpha value is -2.53. The first-order valence-electron chi connectivity index (χ1n) is 9.91. The summed E-state index contributed by atoms with van der Waals surface area (Å²) in [4.78, 5) is 17.1. The second kappa shape index (κ2) is 10.4. The fourth-order valence-corrected chi connectivity index (χ4v) is 5.10. The number of aliphatic imine (C=N–C) groups is 1. The fraction of sp³-hybridized carbons (Fsp3) is 0.333. The van der Waals surface area contributed by atoms with Gasteiger partial charge in [0.05, 0.1) is 16.3 Å². The number of nitrogens with one attached hydrogen (secondary N) is 2. The van der Waals surface area contributed by atoms with Crippen LogP contribution in [0.5, 0.6) is 0 Å². The van der Waals surface area contributed by atoms with E-state index < -0.39 is 22.0 Å². The minimum absolute atomic E-state index is 0.212. The number of alkyl halides is 3. The lowest BCUT2D eigenvalue weighted by Gasteiger charge is -2.12. The predicted octanol–water partition coefficient (Wildman–Crippen LogP) is 4.58. The van der Waals surface area contributed by atoms with Crippen LogP contribution in [0.4, 0.5) is 18.9 Å². The molecule has 0 aliphatic carbocycles. The van der Waals surface area contributed by atoms with E-state index in [-0.39, 0.29) is 17.2 Å². The van der Waals surface area contributed by atoms with Crippen LogP contribution in [0.25, 0.3) is 0 Å². The lowest BCUT2D eigenvalue weighted by molar-refractivity contribution is -0.116. The van der Waals surface area contributed by atoms with Crippen LogP contribution < -0.4 is 10.0 Å². The standard InChI is InChI=1S/C21H22F3N3O3S2/c22-21(23,24)14-31-17-10-5-4-9-16(17)26-19(28)12-2-1-7-13-25-20-15-8-3-6-11-18(15)32(29,30)27-20/h3-6,8-11H,1-2,7,12-14H2,(H,25,27)(H,26,28).